The lowest BCUT2D eigenvalue weighted by atomic mass is 10.1. The van der Waals surface area contributed by atoms with Gasteiger partial charge in [-0.15, -0.1) is 0 Å². The summed E-state index contributed by atoms with van der Waals surface area (Å²) in [7, 11) is 0. The molecule has 0 amide bonds. The first-order valence-electron chi connectivity index (χ1n) is 6.96. The minimum Gasteiger partial charge on any atom is -0.491 e. The molecule has 0 aliphatic heterocycles. The van der Waals surface area contributed by atoms with Crippen LogP contribution in [-0.4, -0.2) is 12.6 Å². The van der Waals surface area contributed by atoms with Crippen LogP contribution < -0.4 is 15.8 Å². The van der Waals surface area contributed by atoms with Gasteiger partial charge < -0.3 is 15.8 Å². The molecule has 3 nitrogen and oxygen atoms in total. The van der Waals surface area contributed by atoms with Crippen LogP contribution in [0.5, 0.6) is 5.75 Å². The third-order valence-electron chi connectivity index (χ3n) is 2.92. The number of unbranched alkanes of at least 4 members (excludes halogenated alkanes) is 1. The van der Waals surface area contributed by atoms with E-state index in [-0.39, 0.29) is 0 Å². The molecule has 1 aromatic rings. The van der Waals surface area contributed by atoms with E-state index in [1.807, 2.05) is 18.2 Å². The second-order valence-corrected chi connectivity index (χ2v) is 4.75. The van der Waals surface area contributed by atoms with Crippen molar-refractivity contribution in [3.63, 3.8) is 0 Å². The molecule has 0 saturated heterocycles. The second kappa shape index (κ2) is 7.85. The van der Waals surface area contributed by atoms with Gasteiger partial charge in [0, 0.05) is 6.04 Å². The Morgan fingerprint density at radius 3 is 2.72 bits per heavy atom. The standard InChI is InChI=1S/C15H26N2O/c1-4-6-8-12(3)17-13-9-7-10-14(15(13)16)18-11-5-2/h7,9-10,12,17H,4-6,8,11,16H2,1-3H3. The van der Waals surface area contributed by atoms with E-state index in [1.165, 1.54) is 12.8 Å². The van der Waals surface area contributed by atoms with Gasteiger partial charge in [-0.2, -0.15) is 0 Å². The maximum atomic E-state index is 6.11. The number of ether oxygens (including phenoxy) is 1. The molecule has 0 heterocycles. The molecule has 0 saturated carbocycles. The summed E-state index contributed by atoms with van der Waals surface area (Å²) >= 11 is 0. The summed E-state index contributed by atoms with van der Waals surface area (Å²) in [4.78, 5) is 0. The lowest BCUT2D eigenvalue weighted by molar-refractivity contribution is 0.319. The molecule has 3 heteroatoms. The van der Waals surface area contributed by atoms with Crippen molar-refractivity contribution < 1.29 is 4.74 Å². The highest BCUT2D eigenvalue weighted by Gasteiger charge is 2.08. The Bertz CT molecular complexity index is 352. The lowest BCUT2D eigenvalue weighted by Crippen LogP contribution is -2.16. The number of nitrogens with one attached hydrogen (secondary N) is 1. The minimum absolute atomic E-state index is 0.439. The van der Waals surface area contributed by atoms with E-state index in [2.05, 4.69) is 26.1 Å². The molecule has 0 aliphatic carbocycles. The zero-order valence-electron chi connectivity index (χ0n) is 11.8. The molecule has 0 spiro atoms. The summed E-state index contributed by atoms with van der Waals surface area (Å²) in [5.74, 6) is 0.782. The number of nitrogen functional groups attached to an aromatic ring is 1. The van der Waals surface area contributed by atoms with Gasteiger partial charge >= 0.3 is 0 Å². The molecule has 0 bridgehead atoms. The summed E-state index contributed by atoms with van der Waals surface area (Å²) in [6.45, 7) is 7.19. The number of benzene rings is 1. The minimum atomic E-state index is 0.439. The molecule has 0 radical (unpaired) electrons. The smallest absolute Gasteiger partial charge is 0.144 e. The molecular formula is C15H26N2O. The number of anilines is 2. The Balaban J connectivity index is 2.64. The molecule has 18 heavy (non-hydrogen) atoms. The molecule has 0 aromatic heterocycles. The van der Waals surface area contributed by atoms with Crippen LogP contribution in [0, 0.1) is 0 Å². The van der Waals surface area contributed by atoms with Crippen molar-refractivity contribution in [1.82, 2.24) is 0 Å². The molecule has 0 aliphatic rings. The molecule has 3 N–H and O–H groups in total. The van der Waals surface area contributed by atoms with Crippen molar-refractivity contribution in [2.24, 2.45) is 0 Å². The quantitative estimate of drug-likeness (QED) is 0.684. The number of rotatable bonds is 8. The predicted octanol–water partition coefficient (Wildman–Crippen LogP) is 4.05. The number of nitrogens with two attached hydrogens (primary N) is 1. The fourth-order valence-electron chi connectivity index (χ4n) is 1.86. The third kappa shape index (κ3) is 4.47. The summed E-state index contributed by atoms with van der Waals surface area (Å²) in [5.41, 5.74) is 7.81. The van der Waals surface area contributed by atoms with Crippen molar-refractivity contribution in [2.75, 3.05) is 17.7 Å². The molecule has 1 aromatic carbocycles. The maximum absolute atomic E-state index is 6.11. The van der Waals surface area contributed by atoms with Crippen LogP contribution in [0.3, 0.4) is 0 Å². The van der Waals surface area contributed by atoms with Crippen LogP contribution in [0.4, 0.5) is 11.4 Å². The van der Waals surface area contributed by atoms with Crippen molar-refractivity contribution >= 4 is 11.4 Å². The van der Waals surface area contributed by atoms with Crippen molar-refractivity contribution in [3.8, 4) is 5.75 Å². The van der Waals surface area contributed by atoms with Crippen LogP contribution >= 0.6 is 0 Å². The van der Waals surface area contributed by atoms with Crippen LogP contribution in [-0.2, 0) is 0 Å². The first kappa shape index (κ1) is 14.7. The molecule has 1 rings (SSSR count). The average molecular weight is 250 g/mol. The summed E-state index contributed by atoms with van der Waals surface area (Å²) in [6.07, 6.45) is 4.61. The van der Waals surface area contributed by atoms with Gasteiger partial charge in [0.2, 0.25) is 0 Å². The topological polar surface area (TPSA) is 47.3 Å². The largest absolute Gasteiger partial charge is 0.491 e. The van der Waals surface area contributed by atoms with Gasteiger partial charge in [-0.25, -0.2) is 0 Å². The molecule has 1 unspecified atom stereocenters. The Morgan fingerprint density at radius 2 is 2.06 bits per heavy atom. The van der Waals surface area contributed by atoms with Gasteiger partial charge in [0.1, 0.15) is 5.75 Å². The predicted molar refractivity (Wildman–Crippen MR) is 79.3 cm³/mol. The Hall–Kier alpha value is -1.38. The number of hydrogen-bond acceptors (Lipinski definition) is 3. The van der Waals surface area contributed by atoms with Crippen LogP contribution in [0.25, 0.3) is 0 Å². The normalized spacial score (nSPS) is 12.2. The van der Waals surface area contributed by atoms with E-state index < -0.39 is 0 Å². The average Bonchev–Trinajstić information content (AvgIpc) is 2.37. The number of hydrogen-bond donors (Lipinski definition) is 2. The van der Waals surface area contributed by atoms with Crippen LogP contribution in [0.2, 0.25) is 0 Å². The maximum Gasteiger partial charge on any atom is 0.144 e. The molecule has 102 valence electrons. The van der Waals surface area contributed by atoms with E-state index in [0.717, 1.165) is 24.3 Å². The van der Waals surface area contributed by atoms with Crippen molar-refractivity contribution in [3.05, 3.63) is 18.2 Å². The molecular weight excluding hydrogens is 224 g/mol. The first-order chi connectivity index (χ1) is 8.69. The van der Waals surface area contributed by atoms with E-state index in [1.54, 1.807) is 0 Å². The SMILES string of the molecule is CCCCC(C)Nc1cccc(OCCC)c1N. The van der Waals surface area contributed by atoms with Gasteiger partial charge in [-0.3, -0.25) is 0 Å². The van der Waals surface area contributed by atoms with Crippen molar-refractivity contribution in [2.45, 2.75) is 52.5 Å². The monoisotopic (exact) mass is 250 g/mol. The lowest BCUT2D eigenvalue weighted by Gasteiger charge is -2.18. The highest BCUT2D eigenvalue weighted by Crippen LogP contribution is 2.30. The Morgan fingerprint density at radius 1 is 1.28 bits per heavy atom. The Labute approximate surface area is 111 Å². The molecule has 0 fully saturated rings. The third-order valence-corrected chi connectivity index (χ3v) is 2.92. The van der Waals surface area contributed by atoms with E-state index in [9.17, 15) is 0 Å². The van der Waals surface area contributed by atoms with Crippen LogP contribution in [0.1, 0.15) is 46.5 Å². The van der Waals surface area contributed by atoms with Gasteiger partial charge in [-0.05, 0) is 31.9 Å². The van der Waals surface area contributed by atoms with E-state index in [0.29, 0.717) is 18.3 Å². The highest BCUT2D eigenvalue weighted by molar-refractivity contribution is 5.73. The summed E-state index contributed by atoms with van der Waals surface area (Å²) in [6, 6.07) is 6.35. The highest BCUT2D eigenvalue weighted by atomic mass is 16.5. The first-order valence-corrected chi connectivity index (χ1v) is 6.96. The van der Waals surface area contributed by atoms with E-state index >= 15 is 0 Å². The zero-order valence-corrected chi connectivity index (χ0v) is 11.8. The van der Waals surface area contributed by atoms with Gasteiger partial charge in [0.05, 0.1) is 18.0 Å². The fourth-order valence-corrected chi connectivity index (χ4v) is 1.86. The fraction of sp³-hybridized carbons (Fsp3) is 0.600. The molecule has 1 atom stereocenters. The van der Waals surface area contributed by atoms with E-state index in [4.69, 9.17) is 10.5 Å². The van der Waals surface area contributed by atoms with Crippen molar-refractivity contribution in [1.29, 1.82) is 0 Å². The summed E-state index contributed by atoms with van der Waals surface area (Å²) < 4.78 is 5.62. The number of para-hydroxylation sites is 1. The zero-order chi connectivity index (χ0) is 13.4. The Kier molecular flexibility index (Phi) is 6.40. The van der Waals surface area contributed by atoms with Crippen LogP contribution in [0.15, 0.2) is 18.2 Å². The van der Waals surface area contributed by atoms with Gasteiger partial charge in [0.25, 0.3) is 0 Å². The van der Waals surface area contributed by atoms with Gasteiger partial charge in [-0.1, -0.05) is 32.8 Å². The second-order valence-electron chi connectivity index (χ2n) is 4.75. The summed E-state index contributed by atoms with van der Waals surface area (Å²) in [5, 5.41) is 3.46. The van der Waals surface area contributed by atoms with Gasteiger partial charge in [0.15, 0.2) is 0 Å².